The normalized spacial score (nSPS) is 32.5. The number of hydrogen-bond acceptors (Lipinski definition) is 5. The molecule has 2 fully saturated rings. The zero-order chi connectivity index (χ0) is 17.0. The van der Waals surface area contributed by atoms with Crippen LogP contribution < -0.4 is 5.73 Å². The second-order valence-corrected chi connectivity index (χ2v) is 7.26. The molecular weight excluding hydrogens is 381 g/mol. The number of ether oxygens (including phenoxy) is 1. The number of aromatic nitrogens is 2. The molecule has 2 N–H and O–H groups in total. The molecular formula is C15H19BrFN5O2. The van der Waals surface area contributed by atoms with Crippen molar-refractivity contribution >= 4 is 27.7 Å². The number of carbonyl (C=O) groups excluding carboxylic acids is 1. The highest BCUT2D eigenvalue weighted by Crippen LogP contribution is 2.39. The third-order valence-corrected chi connectivity index (χ3v) is 5.76. The van der Waals surface area contributed by atoms with Crippen LogP contribution in [0.3, 0.4) is 0 Å². The van der Waals surface area contributed by atoms with Crippen molar-refractivity contribution in [1.29, 1.82) is 0 Å². The third kappa shape index (κ3) is 2.28. The molecule has 1 aromatic heterocycles. The SMILES string of the molecule is COC1N=C(N)c2c(Br)nc([C@@H]3CC[C@H]4CCC(=O)N4C3)n2C1F. The van der Waals surface area contributed by atoms with Crippen LogP contribution in [0, 0.1) is 0 Å². The Kier molecular flexibility index (Phi) is 3.87. The van der Waals surface area contributed by atoms with Crippen LogP contribution >= 0.6 is 15.9 Å². The van der Waals surface area contributed by atoms with E-state index in [0.29, 0.717) is 35.1 Å². The first-order valence-corrected chi connectivity index (χ1v) is 8.88. The fourth-order valence-corrected chi connectivity index (χ4v) is 4.59. The zero-order valence-corrected chi connectivity index (χ0v) is 14.9. The topological polar surface area (TPSA) is 85.7 Å². The Morgan fingerprint density at radius 1 is 1.38 bits per heavy atom. The summed E-state index contributed by atoms with van der Waals surface area (Å²) >= 11 is 3.37. The fourth-order valence-electron chi connectivity index (χ4n) is 4.02. The van der Waals surface area contributed by atoms with Gasteiger partial charge in [-0.15, -0.1) is 0 Å². The molecule has 130 valence electrons. The summed E-state index contributed by atoms with van der Waals surface area (Å²) in [5, 5.41) is 0. The number of nitrogens with two attached hydrogens (primary N) is 1. The van der Waals surface area contributed by atoms with Gasteiger partial charge in [0.25, 0.3) is 0 Å². The van der Waals surface area contributed by atoms with Gasteiger partial charge in [-0.3, -0.25) is 9.36 Å². The number of carbonyl (C=O) groups is 1. The summed E-state index contributed by atoms with van der Waals surface area (Å²) in [5.41, 5.74) is 6.42. The van der Waals surface area contributed by atoms with E-state index in [0.717, 1.165) is 19.3 Å². The van der Waals surface area contributed by atoms with Crippen molar-refractivity contribution in [2.75, 3.05) is 13.7 Å². The van der Waals surface area contributed by atoms with Gasteiger partial charge in [-0.25, -0.2) is 14.4 Å². The van der Waals surface area contributed by atoms with Gasteiger partial charge in [-0.1, -0.05) is 0 Å². The highest BCUT2D eigenvalue weighted by Gasteiger charge is 2.41. The second kappa shape index (κ2) is 5.80. The lowest BCUT2D eigenvalue weighted by atomic mass is 9.92. The zero-order valence-electron chi connectivity index (χ0n) is 13.3. The Morgan fingerprint density at radius 2 is 2.17 bits per heavy atom. The first-order chi connectivity index (χ1) is 11.5. The number of piperidine rings is 1. The maximum absolute atomic E-state index is 14.9. The van der Waals surface area contributed by atoms with E-state index in [-0.39, 0.29) is 17.7 Å². The van der Waals surface area contributed by atoms with Crippen LogP contribution in [0.1, 0.15) is 49.4 Å². The minimum Gasteiger partial charge on any atom is -0.382 e. The number of rotatable bonds is 2. The lowest BCUT2D eigenvalue weighted by molar-refractivity contribution is -0.130. The average Bonchev–Trinajstić information content (AvgIpc) is 3.12. The number of aliphatic imine (C=N–C) groups is 1. The monoisotopic (exact) mass is 399 g/mol. The molecule has 4 heterocycles. The van der Waals surface area contributed by atoms with Crippen molar-refractivity contribution in [3.8, 4) is 0 Å². The van der Waals surface area contributed by atoms with Crippen LogP contribution in [-0.2, 0) is 9.53 Å². The number of nitrogens with zero attached hydrogens (tertiary/aromatic N) is 4. The van der Waals surface area contributed by atoms with Crippen molar-refractivity contribution in [3.05, 3.63) is 16.1 Å². The fraction of sp³-hybridized carbons (Fsp3) is 0.667. The number of fused-ring (bicyclic) bond motifs is 2. The Labute approximate surface area is 147 Å². The van der Waals surface area contributed by atoms with Gasteiger partial charge < -0.3 is 15.4 Å². The summed E-state index contributed by atoms with van der Waals surface area (Å²) in [6.45, 7) is 0.577. The summed E-state index contributed by atoms with van der Waals surface area (Å²) in [4.78, 5) is 22.5. The van der Waals surface area contributed by atoms with Gasteiger partial charge in [0.2, 0.25) is 18.4 Å². The molecule has 1 aromatic rings. The van der Waals surface area contributed by atoms with Gasteiger partial charge >= 0.3 is 0 Å². The van der Waals surface area contributed by atoms with Gasteiger partial charge in [0, 0.05) is 32.0 Å². The van der Waals surface area contributed by atoms with E-state index < -0.39 is 12.5 Å². The molecule has 0 aromatic carbocycles. The first kappa shape index (κ1) is 16.0. The smallest absolute Gasteiger partial charge is 0.224 e. The molecule has 1 amide bonds. The molecule has 3 aliphatic rings. The van der Waals surface area contributed by atoms with Gasteiger partial charge in [-0.05, 0) is 35.2 Å². The maximum Gasteiger partial charge on any atom is 0.224 e. The summed E-state index contributed by atoms with van der Waals surface area (Å²) in [7, 11) is 1.40. The molecule has 4 rings (SSSR count). The number of imidazole rings is 1. The van der Waals surface area contributed by atoms with Crippen LogP contribution in [-0.4, -0.2) is 52.1 Å². The molecule has 0 spiro atoms. The minimum atomic E-state index is -1.49. The Balaban J connectivity index is 1.72. The third-order valence-electron chi connectivity index (χ3n) is 5.21. The van der Waals surface area contributed by atoms with E-state index in [1.807, 2.05) is 4.90 Å². The van der Waals surface area contributed by atoms with Crippen molar-refractivity contribution in [2.45, 2.75) is 50.2 Å². The Bertz CT molecular complexity index is 721. The number of alkyl halides is 1. The van der Waals surface area contributed by atoms with Gasteiger partial charge in [-0.2, -0.15) is 0 Å². The lowest BCUT2D eigenvalue weighted by Gasteiger charge is -2.36. The van der Waals surface area contributed by atoms with Crippen molar-refractivity contribution in [3.63, 3.8) is 0 Å². The van der Waals surface area contributed by atoms with E-state index in [2.05, 4.69) is 25.9 Å². The van der Waals surface area contributed by atoms with Gasteiger partial charge in [0.15, 0.2) is 0 Å². The largest absolute Gasteiger partial charge is 0.382 e. The molecule has 2 unspecified atom stereocenters. The quantitative estimate of drug-likeness (QED) is 0.819. The standard InChI is InChI=1S/C15H19BrFN5O2/c1-24-15-12(17)22-10(13(18)20-15)11(16)19-14(22)7-2-3-8-4-5-9(23)21(8)6-7/h7-8,12,15H,2-6H2,1H3,(H2,18,20)/t7-,8+,12?,15?/m1/s1. The predicted molar refractivity (Wildman–Crippen MR) is 88.3 cm³/mol. The van der Waals surface area contributed by atoms with E-state index in [1.54, 1.807) is 0 Å². The number of amidine groups is 1. The van der Waals surface area contributed by atoms with Crippen molar-refractivity contribution < 1.29 is 13.9 Å². The molecule has 24 heavy (non-hydrogen) atoms. The van der Waals surface area contributed by atoms with Crippen LogP contribution in [0.5, 0.6) is 0 Å². The average molecular weight is 400 g/mol. The Hall–Kier alpha value is -1.48. The molecule has 4 atom stereocenters. The molecule has 2 saturated heterocycles. The van der Waals surface area contributed by atoms with E-state index >= 15 is 0 Å². The minimum absolute atomic E-state index is 0.0185. The molecule has 7 nitrogen and oxygen atoms in total. The van der Waals surface area contributed by atoms with Crippen molar-refractivity contribution in [1.82, 2.24) is 14.5 Å². The van der Waals surface area contributed by atoms with E-state index in [1.165, 1.54) is 11.7 Å². The van der Waals surface area contributed by atoms with Gasteiger partial charge in [0.05, 0.1) is 0 Å². The highest BCUT2D eigenvalue weighted by molar-refractivity contribution is 9.10. The summed E-state index contributed by atoms with van der Waals surface area (Å²) < 4.78 is 22.0. The molecule has 9 heteroatoms. The molecule has 3 aliphatic heterocycles. The number of halogens is 2. The van der Waals surface area contributed by atoms with Gasteiger partial charge in [0.1, 0.15) is 22.0 Å². The maximum atomic E-state index is 14.9. The number of hydrogen-bond donors (Lipinski definition) is 1. The Morgan fingerprint density at radius 3 is 2.92 bits per heavy atom. The number of amides is 1. The van der Waals surface area contributed by atoms with Crippen LogP contribution in [0.2, 0.25) is 0 Å². The van der Waals surface area contributed by atoms with Crippen LogP contribution in [0.4, 0.5) is 4.39 Å². The van der Waals surface area contributed by atoms with Crippen molar-refractivity contribution in [2.24, 2.45) is 10.7 Å². The predicted octanol–water partition coefficient (Wildman–Crippen LogP) is 1.67. The van der Waals surface area contributed by atoms with Crippen LogP contribution in [0.15, 0.2) is 9.60 Å². The second-order valence-electron chi connectivity index (χ2n) is 6.51. The van der Waals surface area contributed by atoms with E-state index in [9.17, 15) is 9.18 Å². The highest BCUT2D eigenvalue weighted by atomic mass is 79.9. The summed E-state index contributed by atoms with van der Waals surface area (Å²) in [6.07, 6.45) is 0.854. The van der Waals surface area contributed by atoms with E-state index in [4.69, 9.17) is 10.5 Å². The summed E-state index contributed by atoms with van der Waals surface area (Å²) in [5.74, 6) is 0.964. The molecule has 0 bridgehead atoms. The molecule has 0 saturated carbocycles. The van der Waals surface area contributed by atoms with Crippen LogP contribution in [0.25, 0.3) is 0 Å². The summed E-state index contributed by atoms with van der Waals surface area (Å²) in [6, 6.07) is 0.326. The number of methoxy groups -OCH3 is 1. The lowest BCUT2D eigenvalue weighted by Crippen LogP contribution is -2.42. The first-order valence-electron chi connectivity index (χ1n) is 8.08. The molecule has 0 radical (unpaired) electrons. The molecule has 0 aliphatic carbocycles.